The van der Waals surface area contributed by atoms with Gasteiger partial charge in [0.2, 0.25) is 0 Å². The first-order valence-electron chi connectivity index (χ1n) is 4.01. The summed E-state index contributed by atoms with van der Waals surface area (Å²) in [6.45, 7) is 1.87. The van der Waals surface area contributed by atoms with Gasteiger partial charge in [-0.15, -0.1) is 0 Å². The van der Waals surface area contributed by atoms with Crippen LogP contribution < -0.4 is 0 Å². The van der Waals surface area contributed by atoms with E-state index in [1.54, 1.807) is 0 Å². The lowest BCUT2D eigenvalue weighted by atomic mass is 10.0. The topological polar surface area (TPSA) is 38.7 Å². The monoisotopic (exact) mass is 167 g/mol. The van der Waals surface area contributed by atoms with Crippen molar-refractivity contribution in [3.8, 4) is 0 Å². The van der Waals surface area contributed by atoms with E-state index >= 15 is 0 Å². The first-order valence-corrected chi connectivity index (χ1v) is 4.01. The summed E-state index contributed by atoms with van der Waals surface area (Å²) < 4.78 is 4.62. The van der Waals surface area contributed by atoms with Gasteiger partial charge in [0.1, 0.15) is 0 Å². The fourth-order valence-electron chi connectivity index (χ4n) is 1.19. The second-order valence-corrected chi connectivity index (χ2v) is 2.95. The van der Waals surface area contributed by atoms with Crippen LogP contribution in [0.4, 0.5) is 0 Å². The summed E-state index contributed by atoms with van der Waals surface area (Å²) in [7, 11) is 1.42. The molecular formula is C9H13NO2. The van der Waals surface area contributed by atoms with Crippen molar-refractivity contribution >= 4 is 12.2 Å². The van der Waals surface area contributed by atoms with Gasteiger partial charge in [-0.25, -0.2) is 0 Å². The maximum absolute atomic E-state index is 11.0. The minimum Gasteiger partial charge on any atom is -0.469 e. The SMILES string of the molecule is COC(=O)C(C)CC1=CN=CC1. The van der Waals surface area contributed by atoms with Gasteiger partial charge in [0.15, 0.2) is 0 Å². The molecular weight excluding hydrogens is 154 g/mol. The molecule has 0 bridgehead atoms. The molecule has 3 heteroatoms. The molecule has 0 aliphatic carbocycles. The quantitative estimate of drug-likeness (QED) is 0.598. The van der Waals surface area contributed by atoms with Crippen LogP contribution in [0.2, 0.25) is 0 Å². The van der Waals surface area contributed by atoms with Crippen LogP contribution >= 0.6 is 0 Å². The minimum atomic E-state index is -0.150. The van der Waals surface area contributed by atoms with Gasteiger partial charge in [0.25, 0.3) is 0 Å². The van der Waals surface area contributed by atoms with Crippen molar-refractivity contribution < 1.29 is 9.53 Å². The summed E-state index contributed by atoms with van der Waals surface area (Å²) in [4.78, 5) is 15.0. The molecule has 0 aromatic carbocycles. The van der Waals surface area contributed by atoms with Gasteiger partial charge < -0.3 is 4.74 Å². The zero-order chi connectivity index (χ0) is 8.97. The first kappa shape index (κ1) is 8.97. The van der Waals surface area contributed by atoms with Gasteiger partial charge in [-0.2, -0.15) is 0 Å². The largest absolute Gasteiger partial charge is 0.469 e. The van der Waals surface area contributed by atoms with Crippen molar-refractivity contribution in [2.45, 2.75) is 19.8 Å². The lowest BCUT2D eigenvalue weighted by Gasteiger charge is -2.08. The molecule has 0 aromatic heterocycles. The van der Waals surface area contributed by atoms with Crippen molar-refractivity contribution in [3.05, 3.63) is 11.8 Å². The zero-order valence-electron chi connectivity index (χ0n) is 7.41. The molecule has 0 saturated carbocycles. The summed E-state index contributed by atoms with van der Waals surface area (Å²) >= 11 is 0. The Bertz CT molecular complexity index is 231. The van der Waals surface area contributed by atoms with Crippen LogP contribution in [0.25, 0.3) is 0 Å². The molecule has 1 unspecified atom stereocenters. The number of nitrogens with zero attached hydrogens (tertiary/aromatic N) is 1. The van der Waals surface area contributed by atoms with Crippen molar-refractivity contribution in [1.82, 2.24) is 0 Å². The van der Waals surface area contributed by atoms with Crippen LogP contribution in [0.5, 0.6) is 0 Å². The summed E-state index contributed by atoms with van der Waals surface area (Å²) in [5.41, 5.74) is 1.20. The molecule has 0 N–H and O–H groups in total. The van der Waals surface area contributed by atoms with Crippen molar-refractivity contribution in [1.29, 1.82) is 0 Å². The Morgan fingerprint density at radius 3 is 3.08 bits per heavy atom. The predicted octanol–water partition coefficient (Wildman–Crippen LogP) is 1.54. The third-order valence-corrected chi connectivity index (χ3v) is 1.89. The number of carbonyl (C=O) groups excluding carboxylic acids is 1. The molecule has 1 aliphatic rings. The highest BCUT2D eigenvalue weighted by Gasteiger charge is 2.15. The van der Waals surface area contributed by atoms with E-state index in [9.17, 15) is 4.79 Å². The van der Waals surface area contributed by atoms with Crippen LogP contribution in [0.3, 0.4) is 0 Å². The molecule has 0 aromatic rings. The predicted molar refractivity (Wildman–Crippen MR) is 47.0 cm³/mol. The fourth-order valence-corrected chi connectivity index (χ4v) is 1.19. The van der Waals surface area contributed by atoms with E-state index in [0.717, 1.165) is 12.8 Å². The van der Waals surface area contributed by atoms with Gasteiger partial charge in [0.05, 0.1) is 13.0 Å². The molecule has 66 valence electrons. The summed E-state index contributed by atoms with van der Waals surface area (Å²) in [5, 5.41) is 0. The molecule has 0 fully saturated rings. The van der Waals surface area contributed by atoms with Crippen LogP contribution in [-0.2, 0) is 9.53 Å². The van der Waals surface area contributed by atoms with Gasteiger partial charge in [-0.05, 0) is 12.0 Å². The normalized spacial score (nSPS) is 17.3. The van der Waals surface area contributed by atoms with Gasteiger partial charge in [-0.1, -0.05) is 6.92 Å². The number of hydrogen-bond acceptors (Lipinski definition) is 3. The third-order valence-electron chi connectivity index (χ3n) is 1.89. The van der Waals surface area contributed by atoms with E-state index in [4.69, 9.17) is 0 Å². The van der Waals surface area contributed by atoms with Crippen LogP contribution in [-0.4, -0.2) is 19.3 Å². The van der Waals surface area contributed by atoms with E-state index in [-0.39, 0.29) is 11.9 Å². The molecule has 1 heterocycles. The summed E-state index contributed by atoms with van der Waals surface area (Å²) in [6.07, 6.45) is 5.30. The third kappa shape index (κ3) is 2.19. The lowest BCUT2D eigenvalue weighted by molar-refractivity contribution is -0.144. The Hall–Kier alpha value is -1.12. The molecule has 1 rings (SSSR count). The average molecular weight is 167 g/mol. The highest BCUT2D eigenvalue weighted by Crippen LogP contribution is 2.17. The number of carbonyl (C=O) groups is 1. The van der Waals surface area contributed by atoms with Gasteiger partial charge >= 0.3 is 5.97 Å². The molecule has 0 spiro atoms. The van der Waals surface area contributed by atoms with E-state index in [2.05, 4.69) is 9.73 Å². The zero-order valence-corrected chi connectivity index (χ0v) is 7.41. The van der Waals surface area contributed by atoms with Gasteiger partial charge in [-0.3, -0.25) is 9.79 Å². The Morgan fingerprint density at radius 2 is 2.58 bits per heavy atom. The number of esters is 1. The van der Waals surface area contributed by atoms with Crippen molar-refractivity contribution in [2.24, 2.45) is 10.9 Å². The highest BCUT2D eigenvalue weighted by molar-refractivity contribution is 5.73. The number of allylic oxidation sites excluding steroid dienone is 1. The fraction of sp³-hybridized carbons (Fsp3) is 0.556. The number of aliphatic imine (C=N–C) groups is 1. The average Bonchev–Trinajstić information content (AvgIpc) is 2.55. The second kappa shape index (κ2) is 4.04. The Labute approximate surface area is 72.1 Å². The maximum atomic E-state index is 11.0. The minimum absolute atomic E-state index is 0.0528. The molecule has 0 radical (unpaired) electrons. The second-order valence-electron chi connectivity index (χ2n) is 2.95. The van der Waals surface area contributed by atoms with E-state index in [1.807, 2.05) is 19.3 Å². The van der Waals surface area contributed by atoms with Crippen molar-refractivity contribution in [3.63, 3.8) is 0 Å². The number of ether oxygens (including phenoxy) is 1. The number of rotatable bonds is 3. The Morgan fingerprint density at radius 1 is 1.83 bits per heavy atom. The molecule has 0 saturated heterocycles. The van der Waals surface area contributed by atoms with E-state index < -0.39 is 0 Å². The molecule has 12 heavy (non-hydrogen) atoms. The van der Waals surface area contributed by atoms with Crippen LogP contribution in [0.15, 0.2) is 16.8 Å². The van der Waals surface area contributed by atoms with Gasteiger partial charge in [0, 0.05) is 18.8 Å². The smallest absolute Gasteiger partial charge is 0.308 e. The number of hydrogen-bond donors (Lipinski definition) is 0. The lowest BCUT2D eigenvalue weighted by Crippen LogP contribution is -2.13. The summed E-state index contributed by atoms with van der Waals surface area (Å²) in [6, 6.07) is 0. The molecule has 3 nitrogen and oxygen atoms in total. The molecule has 1 aliphatic heterocycles. The highest BCUT2D eigenvalue weighted by atomic mass is 16.5. The molecule has 1 atom stereocenters. The molecule has 0 amide bonds. The number of methoxy groups -OCH3 is 1. The van der Waals surface area contributed by atoms with Crippen LogP contribution in [0, 0.1) is 5.92 Å². The van der Waals surface area contributed by atoms with E-state index in [1.165, 1.54) is 12.7 Å². The summed E-state index contributed by atoms with van der Waals surface area (Å²) in [5.74, 6) is -0.203. The van der Waals surface area contributed by atoms with Crippen molar-refractivity contribution in [2.75, 3.05) is 7.11 Å². The Kier molecular flexibility index (Phi) is 3.02. The standard InChI is InChI=1S/C9H13NO2/c1-7(9(11)12-2)5-8-3-4-10-6-8/h4,6-7H,3,5H2,1-2H3. The first-order chi connectivity index (χ1) is 5.74. The van der Waals surface area contributed by atoms with E-state index in [0.29, 0.717) is 0 Å². The Balaban J connectivity index is 2.36. The maximum Gasteiger partial charge on any atom is 0.308 e. The van der Waals surface area contributed by atoms with Crippen LogP contribution in [0.1, 0.15) is 19.8 Å².